The number of nitrogens with zero attached hydrogens (tertiary/aromatic N) is 2. The zero-order valence-corrected chi connectivity index (χ0v) is 16.5. The number of carbonyl (C=O) groups excluding carboxylic acids is 1. The lowest BCUT2D eigenvalue weighted by Crippen LogP contribution is -2.29. The molecule has 0 fully saturated rings. The molecule has 0 radical (unpaired) electrons. The Hall–Kier alpha value is -3.54. The second-order valence-electron chi connectivity index (χ2n) is 6.75. The van der Waals surface area contributed by atoms with E-state index in [1.165, 1.54) is 0 Å². The molecule has 1 aromatic heterocycles. The lowest BCUT2D eigenvalue weighted by molar-refractivity contribution is -0.138. The first-order valence-corrected chi connectivity index (χ1v) is 9.59. The van der Waals surface area contributed by atoms with Crippen LogP contribution in [0.3, 0.4) is 0 Å². The molecule has 0 spiro atoms. The van der Waals surface area contributed by atoms with E-state index in [9.17, 15) is 4.79 Å². The molecule has 0 unspecified atom stereocenters. The standard InChI is InChI=1S/C23H23N3O3/c1-4-13-29-22(27)20-15(3)24-23-25-18-11-6-7-12-19(18)26(23)21(20)16-9-8-10-17(14-16)28-5-2/h4,6-12,14,21H,1,5,13H2,2-3H3,(H,24,25)/t21-/m1/s1. The summed E-state index contributed by atoms with van der Waals surface area (Å²) in [5.41, 5.74) is 3.97. The average Bonchev–Trinajstić information content (AvgIpc) is 3.09. The Bertz CT molecular complexity index is 1110. The van der Waals surface area contributed by atoms with Crippen LogP contribution in [0.4, 0.5) is 5.95 Å². The summed E-state index contributed by atoms with van der Waals surface area (Å²) < 4.78 is 13.1. The number of benzene rings is 2. The van der Waals surface area contributed by atoms with Crippen LogP contribution < -0.4 is 10.1 Å². The summed E-state index contributed by atoms with van der Waals surface area (Å²) in [7, 11) is 0. The van der Waals surface area contributed by atoms with E-state index in [2.05, 4.69) is 11.9 Å². The van der Waals surface area contributed by atoms with Gasteiger partial charge in [-0.3, -0.25) is 4.57 Å². The van der Waals surface area contributed by atoms with Gasteiger partial charge < -0.3 is 14.8 Å². The van der Waals surface area contributed by atoms with E-state index in [1.807, 2.05) is 66.9 Å². The molecule has 29 heavy (non-hydrogen) atoms. The highest BCUT2D eigenvalue weighted by Crippen LogP contribution is 2.40. The third-order valence-electron chi connectivity index (χ3n) is 4.87. The number of ether oxygens (including phenoxy) is 2. The summed E-state index contributed by atoms with van der Waals surface area (Å²) in [5.74, 6) is 1.06. The first-order valence-electron chi connectivity index (χ1n) is 9.59. The Morgan fingerprint density at radius 1 is 1.28 bits per heavy atom. The third-order valence-corrected chi connectivity index (χ3v) is 4.87. The summed E-state index contributed by atoms with van der Waals surface area (Å²) in [6.07, 6.45) is 1.56. The number of rotatable bonds is 6. The van der Waals surface area contributed by atoms with Crippen LogP contribution in [0.1, 0.15) is 25.5 Å². The van der Waals surface area contributed by atoms with Crippen molar-refractivity contribution in [1.29, 1.82) is 0 Å². The fourth-order valence-corrected chi connectivity index (χ4v) is 3.70. The molecule has 6 nitrogen and oxygen atoms in total. The molecular formula is C23H23N3O3. The van der Waals surface area contributed by atoms with Gasteiger partial charge in [-0.1, -0.05) is 36.9 Å². The fraction of sp³-hybridized carbons (Fsp3) is 0.217. The van der Waals surface area contributed by atoms with Crippen molar-refractivity contribution in [2.75, 3.05) is 18.5 Å². The van der Waals surface area contributed by atoms with Crippen molar-refractivity contribution in [3.05, 3.63) is 78.0 Å². The molecule has 1 aliphatic heterocycles. The predicted octanol–water partition coefficient (Wildman–Crippen LogP) is 4.45. The molecule has 2 aromatic carbocycles. The van der Waals surface area contributed by atoms with Gasteiger partial charge in [-0.2, -0.15) is 0 Å². The number of hydrogen-bond acceptors (Lipinski definition) is 5. The normalized spacial score (nSPS) is 15.6. The Balaban J connectivity index is 1.92. The Kier molecular flexibility index (Phi) is 5.08. The number of anilines is 1. The minimum atomic E-state index is -0.392. The fourth-order valence-electron chi connectivity index (χ4n) is 3.70. The molecule has 0 saturated heterocycles. The first kappa shape index (κ1) is 18.8. The number of aromatic nitrogens is 2. The van der Waals surface area contributed by atoms with E-state index >= 15 is 0 Å². The molecule has 2 heterocycles. The van der Waals surface area contributed by atoms with Crippen molar-refractivity contribution in [2.45, 2.75) is 19.9 Å². The molecule has 0 bridgehead atoms. The van der Waals surface area contributed by atoms with E-state index in [-0.39, 0.29) is 12.6 Å². The van der Waals surface area contributed by atoms with Crippen LogP contribution in [-0.2, 0) is 9.53 Å². The van der Waals surface area contributed by atoms with E-state index in [0.29, 0.717) is 23.8 Å². The van der Waals surface area contributed by atoms with Gasteiger partial charge in [0.25, 0.3) is 0 Å². The highest BCUT2D eigenvalue weighted by atomic mass is 16.5. The molecule has 6 heteroatoms. The molecular weight excluding hydrogens is 366 g/mol. The maximum Gasteiger partial charge on any atom is 0.338 e. The van der Waals surface area contributed by atoms with Crippen LogP contribution in [0, 0.1) is 0 Å². The lowest BCUT2D eigenvalue weighted by Gasteiger charge is -2.30. The molecule has 1 N–H and O–H groups in total. The minimum Gasteiger partial charge on any atom is -0.494 e. The second-order valence-corrected chi connectivity index (χ2v) is 6.75. The topological polar surface area (TPSA) is 65.4 Å². The SMILES string of the molecule is C=CCOC(=O)C1=C(C)Nc2nc3ccccc3n2[C@@H]1c1cccc(OCC)c1. The Morgan fingerprint density at radius 2 is 2.10 bits per heavy atom. The number of fused-ring (bicyclic) bond motifs is 3. The first-order chi connectivity index (χ1) is 14.1. The zero-order chi connectivity index (χ0) is 20.4. The molecule has 3 aromatic rings. The lowest BCUT2D eigenvalue weighted by atomic mass is 9.95. The van der Waals surface area contributed by atoms with Gasteiger partial charge in [0.15, 0.2) is 0 Å². The van der Waals surface area contributed by atoms with E-state index < -0.39 is 6.04 Å². The predicted molar refractivity (Wildman–Crippen MR) is 113 cm³/mol. The molecule has 1 aliphatic rings. The van der Waals surface area contributed by atoms with Gasteiger partial charge in [0.05, 0.1) is 29.3 Å². The Labute approximate surface area is 169 Å². The van der Waals surface area contributed by atoms with Gasteiger partial charge in [0.1, 0.15) is 12.4 Å². The summed E-state index contributed by atoms with van der Waals surface area (Å²) in [5, 5.41) is 3.27. The van der Waals surface area contributed by atoms with Crippen LogP contribution in [0.15, 0.2) is 72.5 Å². The number of nitrogens with one attached hydrogen (secondary N) is 1. The van der Waals surface area contributed by atoms with Crippen molar-refractivity contribution in [3.63, 3.8) is 0 Å². The maximum atomic E-state index is 13.0. The van der Waals surface area contributed by atoms with Crippen LogP contribution in [0.2, 0.25) is 0 Å². The van der Waals surface area contributed by atoms with Crippen LogP contribution in [0.5, 0.6) is 5.75 Å². The quantitative estimate of drug-likeness (QED) is 0.498. The zero-order valence-electron chi connectivity index (χ0n) is 16.5. The number of carbonyl (C=O) groups is 1. The minimum absolute atomic E-state index is 0.152. The van der Waals surface area contributed by atoms with Gasteiger partial charge >= 0.3 is 5.97 Å². The number of imidazole rings is 1. The van der Waals surface area contributed by atoms with Gasteiger partial charge in [0, 0.05) is 5.70 Å². The van der Waals surface area contributed by atoms with Gasteiger partial charge in [-0.25, -0.2) is 9.78 Å². The largest absolute Gasteiger partial charge is 0.494 e. The Morgan fingerprint density at radius 3 is 2.90 bits per heavy atom. The number of esters is 1. The maximum absolute atomic E-state index is 13.0. The van der Waals surface area contributed by atoms with E-state index in [0.717, 1.165) is 22.3 Å². The van der Waals surface area contributed by atoms with Crippen LogP contribution in [0.25, 0.3) is 11.0 Å². The summed E-state index contributed by atoms with van der Waals surface area (Å²) >= 11 is 0. The van der Waals surface area contributed by atoms with Crippen molar-refractivity contribution in [3.8, 4) is 5.75 Å². The molecule has 0 saturated carbocycles. The number of hydrogen-bond donors (Lipinski definition) is 1. The average molecular weight is 389 g/mol. The van der Waals surface area contributed by atoms with Gasteiger partial charge in [0.2, 0.25) is 5.95 Å². The number of allylic oxidation sites excluding steroid dienone is 1. The van der Waals surface area contributed by atoms with E-state index in [4.69, 9.17) is 14.5 Å². The summed E-state index contributed by atoms with van der Waals surface area (Å²) in [4.78, 5) is 17.7. The van der Waals surface area contributed by atoms with Crippen molar-refractivity contribution in [2.24, 2.45) is 0 Å². The second kappa shape index (κ2) is 7.83. The van der Waals surface area contributed by atoms with Crippen molar-refractivity contribution < 1.29 is 14.3 Å². The van der Waals surface area contributed by atoms with Crippen molar-refractivity contribution >= 4 is 23.0 Å². The highest BCUT2D eigenvalue weighted by Gasteiger charge is 2.35. The van der Waals surface area contributed by atoms with E-state index in [1.54, 1.807) is 6.08 Å². The molecule has 0 amide bonds. The van der Waals surface area contributed by atoms with Crippen LogP contribution in [-0.4, -0.2) is 28.7 Å². The monoisotopic (exact) mass is 389 g/mol. The molecule has 4 rings (SSSR count). The van der Waals surface area contributed by atoms with Gasteiger partial charge in [-0.05, 0) is 43.7 Å². The smallest absolute Gasteiger partial charge is 0.338 e. The third kappa shape index (κ3) is 3.38. The molecule has 1 atom stereocenters. The summed E-state index contributed by atoms with van der Waals surface area (Å²) in [6.45, 7) is 8.17. The molecule has 148 valence electrons. The molecule has 0 aliphatic carbocycles. The van der Waals surface area contributed by atoms with Crippen molar-refractivity contribution in [1.82, 2.24) is 9.55 Å². The summed E-state index contributed by atoms with van der Waals surface area (Å²) in [6, 6.07) is 15.3. The number of para-hydroxylation sites is 2. The van der Waals surface area contributed by atoms with Crippen LogP contribution >= 0.6 is 0 Å². The highest BCUT2D eigenvalue weighted by molar-refractivity contribution is 5.94. The van der Waals surface area contributed by atoms with Gasteiger partial charge in [-0.15, -0.1) is 0 Å².